The topological polar surface area (TPSA) is 101 Å². The van der Waals surface area contributed by atoms with Crippen LogP contribution in [0.3, 0.4) is 0 Å². The Morgan fingerprint density at radius 3 is 2.39 bits per heavy atom. The van der Waals surface area contributed by atoms with Gasteiger partial charge in [-0.05, 0) is 38.0 Å². The normalized spacial score (nSPS) is 12.5. The number of hydrogen-bond donors (Lipinski definition) is 2. The Bertz CT molecular complexity index is 1090. The second-order valence-corrected chi connectivity index (χ2v) is 9.26. The lowest BCUT2D eigenvalue weighted by Gasteiger charge is -2.13. The summed E-state index contributed by atoms with van der Waals surface area (Å²) >= 11 is 0.804. The number of nitrogens with one attached hydrogen (secondary N) is 2. The zero-order valence-electron chi connectivity index (χ0n) is 15.6. The van der Waals surface area contributed by atoms with Crippen molar-refractivity contribution in [2.24, 2.45) is 0 Å². The fourth-order valence-electron chi connectivity index (χ4n) is 2.57. The van der Waals surface area contributed by atoms with Gasteiger partial charge in [0, 0.05) is 11.6 Å². The number of carbonyl (C=O) groups excluding carboxylic acids is 1. The van der Waals surface area contributed by atoms with Gasteiger partial charge in [0.25, 0.3) is 15.9 Å². The van der Waals surface area contributed by atoms with E-state index in [1.54, 1.807) is 19.1 Å². The summed E-state index contributed by atoms with van der Waals surface area (Å²) in [5.41, 5.74) is 3.24. The first kappa shape index (κ1) is 20.1. The van der Waals surface area contributed by atoms with Gasteiger partial charge < -0.3 is 0 Å². The van der Waals surface area contributed by atoms with Crippen LogP contribution in [-0.2, 0) is 10.0 Å². The molecule has 1 heterocycles. The van der Waals surface area contributed by atoms with Gasteiger partial charge in [-0.2, -0.15) is 0 Å². The SMILES string of the molecule is Cc1ccc([C@@H](C)NS(=O)(=O)c2nnc(NC(=O)c3ccccc3C)s2)cc1. The van der Waals surface area contributed by atoms with Gasteiger partial charge in [-0.1, -0.05) is 59.4 Å². The molecule has 3 aromatic rings. The summed E-state index contributed by atoms with van der Waals surface area (Å²) in [5, 5.41) is 10.2. The van der Waals surface area contributed by atoms with Crippen LogP contribution in [0.5, 0.6) is 0 Å². The molecule has 146 valence electrons. The molecule has 28 heavy (non-hydrogen) atoms. The maximum atomic E-state index is 12.6. The molecule has 7 nitrogen and oxygen atoms in total. The number of amides is 1. The predicted molar refractivity (Wildman–Crippen MR) is 109 cm³/mol. The molecule has 0 saturated heterocycles. The lowest BCUT2D eigenvalue weighted by molar-refractivity contribution is 0.102. The number of benzene rings is 2. The van der Waals surface area contributed by atoms with Gasteiger partial charge >= 0.3 is 0 Å². The standard InChI is InChI=1S/C19H20N4O3S2/c1-12-8-10-15(11-9-12)14(3)23-28(25,26)19-22-21-18(27-19)20-17(24)16-7-5-4-6-13(16)2/h4-11,14,23H,1-3H3,(H,20,21,24)/t14-/m1/s1. The molecule has 1 atom stereocenters. The first-order valence-electron chi connectivity index (χ1n) is 8.55. The van der Waals surface area contributed by atoms with Crippen molar-refractivity contribution >= 4 is 32.4 Å². The summed E-state index contributed by atoms with van der Waals surface area (Å²) < 4.78 is 27.6. The molecule has 1 amide bonds. The minimum atomic E-state index is -3.86. The van der Waals surface area contributed by atoms with Crippen molar-refractivity contribution in [2.45, 2.75) is 31.2 Å². The summed E-state index contributed by atoms with van der Waals surface area (Å²) in [6.45, 7) is 5.54. The average Bonchev–Trinajstić information content (AvgIpc) is 3.11. The minimum absolute atomic E-state index is 0.122. The van der Waals surface area contributed by atoms with Crippen LogP contribution in [0.4, 0.5) is 5.13 Å². The number of nitrogens with zero attached hydrogens (tertiary/aromatic N) is 2. The molecular weight excluding hydrogens is 396 g/mol. The third kappa shape index (κ3) is 4.61. The molecule has 2 aromatic carbocycles. The molecule has 0 aliphatic rings. The lowest BCUT2D eigenvalue weighted by atomic mass is 10.1. The molecular formula is C19H20N4O3S2. The zero-order chi connectivity index (χ0) is 20.3. The molecule has 0 spiro atoms. The smallest absolute Gasteiger partial charge is 0.270 e. The maximum Gasteiger partial charge on any atom is 0.270 e. The van der Waals surface area contributed by atoms with Crippen molar-refractivity contribution in [3.63, 3.8) is 0 Å². The summed E-state index contributed by atoms with van der Waals surface area (Å²) in [4.78, 5) is 12.3. The van der Waals surface area contributed by atoms with E-state index in [4.69, 9.17) is 0 Å². The van der Waals surface area contributed by atoms with E-state index < -0.39 is 16.1 Å². The van der Waals surface area contributed by atoms with Crippen LogP contribution in [-0.4, -0.2) is 24.5 Å². The third-order valence-corrected chi connectivity index (χ3v) is 6.90. The number of aryl methyl sites for hydroxylation is 2. The van der Waals surface area contributed by atoms with Crippen LogP contribution in [0, 0.1) is 13.8 Å². The Hall–Kier alpha value is -2.62. The second kappa shape index (κ2) is 8.17. The molecule has 9 heteroatoms. The van der Waals surface area contributed by atoms with Crippen molar-refractivity contribution in [1.29, 1.82) is 0 Å². The molecule has 3 rings (SSSR count). The first-order valence-corrected chi connectivity index (χ1v) is 10.9. The summed E-state index contributed by atoms with van der Waals surface area (Å²) in [6, 6.07) is 14.3. The zero-order valence-corrected chi connectivity index (χ0v) is 17.3. The summed E-state index contributed by atoms with van der Waals surface area (Å²) in [5.74, 6) is -0.362. The van der Waals surface area contributed by atoms with E-state index in [9.17, 15) is 13.2 Å². The van der Waals surface area contributed by atoms with Gasteiger partial charge in [-0.25, -0.2) is 13.1 Å². The van der Waals surface area contributed by atoms with Gasteiger partial charge in [0.05, 0.1) is 0 Å². The Morgan fingerprint density at radius 1 is 1.04 bits per heavy atom. The third-order valence-electron chi connectivity index (χ3n) is 4.16. The Balaban J connectivity index is 1.72. The van der Waals surface area contributed by atoms with Crippen LogP contribution in [0.2, 0.25) is 0 Å². The van der Waals surface area contributed by atoms with E-state index in [1.807, 2.05) is 50.2 Å². The molecule has 2 N–H and O–H groups in total. The van der Waals surface area contributed by atoms with Crippen molar-refractivity contribution in [2.75, 3.05) is 5.32 Å². The van der Waals surface area contributed by atoms with E-state index in [0.717, 1.165) is 28.0 Å². The van der Waals surface area contributed by atoms with Crippen LogP contribution < -0.4 is 10.0 Å². The van der Waals surface area contributed by atoms with Gasteiger partial charge in [0.2, 0.25) is 9.47 Å². The number of hydrogen-bond acceptors (Lipinski definition) is 6. The average molecular weight is 417 g/mol. The van der Waals surface area contributed by atoms with Crippen molar-refractivity contribution < 1.29 is 13.2 Å². The fourth-order valence-corrected chi connectivity index (χ4v) is 4.71. The summed E-state index contributed by atoms with van der Waals surface area (Å²) in [7, 11) is -3.86. The number of anilines is 1. The highest BCUT2D eigenvalue weighted by Crippen LogP contribution is 2.23. The van der Waals surface area contributed by atoms with Crippen LogP contribution in [0.1, 0.15) is 40.0 Å². The van der Waals surface area contributed by atoms with E-state index in [1.165, 1.54) is 0 Å². The lowest BCUT2D eigenvalue weighted by Crippen LogP contribution is -2.26. The second-order valence-electron chi connectivity index (χ2n) is 6.40. The molecule has 1 aromatic heterocycles. The molecule has 0 aliphatic heterocycles. The van der Waals surface area contributed by atoms with Gasteiger partial charge in [-0.15, -0.1) is 10.2 Å². The Kier molecular flexibility index (Phi) is 5.87. The van der Waals surface area contributed by atoms with Crippen LogP contribution in [0.15, 0.2) is 52.9 Å². The Morgan fingerprint density at radius 2 is 1.71 bits per heavy atom. The quantitative estimate of drug-likeness (QED) is 0.600. The largest absolute Gasteiger partial charge is 0.296 e. The molecule has 0 aliphatic carbocycles. The van der Waals surface area contributed by atoms with E-state index in [0.29, 0.717) is 5.56 Å². The van der Waals surface area contributed by atoms with Crippen molar-refractivity contribution in [3.05, 3.63) is 70.8 Å². The molecule has 0 saturated carbocycles. The minimum Gasteiger partial charge on any atom is -0.296 e. The highest BCUT2D eigenvalue weighted by atomic mass is 32.2. The van der Waals surface area contributed by atoms with Crippen LogP contribution >= 0.6 is 11.3 Å². The fraction of sp³-hybridized carbons (Fsp3) is 0.211. The van der Waals surface area contributed by atoms with Crippen molar-refractivity contribution in [1.82, 2.24) is 14.9 Å². The number of rotatable bonds is 6. The monoisotopic (exact) mass is 416 g/mol. The van der Waals surface area contributed by atoms with Crippen LogP contribution in [0.25, 0.3) is 0 Å². The maximum absolute atomic E-state index is 12.6. The highest BCUT2D eigenvalue weighted by Gasteiger charge is 2.24. The molecule has 0 unspecified atom stereocenters. The number of carbonyl (C=O) groups is 1. The van der Waals surface area contributed by atoms with Gasteiger partial charge in [-0.3, -0.25) is 10.1 Å². The first-order chi connectivity index (χ1) is 13.3. The molecule has 0 bridgehead atoms. The predicted octanol–water partition coefficient (Wildman–Crippen LogP) is 3.45. The molecule has 0 fully saturated rings. The summed E-state index contributed by atoms with van der Waals surface area (Å²) in [6.07, 6.45) is 0. The van der Waals surface area contributed by atoms with Gasteiger partial charge in [0.1, 0.15) is 0 Å². The number of sulfonamides is 1. The Labute approximate surface area is 167 Å². The van der Waals surface area contributed by atoms with E-state index in [2.05, 4.69) is 20.2 Å². The van der Waals surface area contributed by atoms with Gasteiger partial charge in [0.15, 0.2) is 0 Å². The van der Waals surface area contributed by atoms with E-state index in [-0.39, 0.29) is 15.4 Å². The highest BCUT2D eigenvalue weighted by molar-refractivity contribution is 7.91. The van der Waals surface area contributed by atoms with E-state index >= 15 is 0 Å². The van der Waals surface area contributed by atoms with Crippen molar-refractivity contribution in [3.8, 4) is 0 Å². The molecule has 0 radical (unpaired) electrons. The number of aromatic nitrogens is 2.